The third-order valence-corrected chi connectivity index (χ3v) is 7.28. The van der Waals surface area contributed by atoms with Crippen LogP contribution < -0.4 is 10.2 Å². The molecule has 0 bridgehead atoms. The Hall–Kier alpha value is -1.76. The van der Waals surface area contributed by atoms with Crippen LogP contribution in [0.5, 0.6) is 0 Å². The standard InChI is InChI=1S/C20H23N3OS2/c1-14(17-10-6-12-25-17)21-19(24)13-23-11-5-4-8-16(23)20-22-15-7-2-3-9-18(15)26-20/h2-3,6-7,9-10,12,14,16H,4-5,8,11,13H2,1H3,(H,21,24)/p+1/t14-,16+/m0/s1. The van der Waals surface area contributed by atoms with E-state index in [9.17, 15) is 4.79 Å². The number of amides is 1. The lowest BCUT2D eigenvalue weighted by Crippen LogP contribution is -3.14. The van der Waals surface area contributed by atoms with Crippen molar-refractivity contribution in [3.05, 3.63) is 51.7 Å². The number of nitrogens with one attached hydrogen (secondary N) is 2. The van der Waals surface area contributed by atoms with Gasteiger partial charge in [-0.2, -0.15) is 0 Å². The molecule has 1 fully saturated rings. The van der Waals surface area contributed by atoms with Crippen LogP contribution in [0, 0.1) is 0 Å². The van der Waals surface area contributed by atoms with Crippen molar-refractivity contribution >= 4 is 38.8 Å². The number of aromatic nitrogens is 1. The second-order valence-corrected chi connectivity index (χ2v) is 9.00. The lowest BCUT2D eigenvalue weighted by Gasteiger charge is -2.31. The molecule has 3 heterocycles. The van der Waals surface area contributed by atoms with Crippen molar-refractivity contribution in [3.8, 4) is 0 Å². The number of quaternary nitrogens is 1. The van der Waals surface area contributed by atoms with Crippen LogP contribution in [0.1, 0.15) is 48.2 Å². The summed E-state index contributed by atoms with van der Waals surface area (Å²) in [4.78, 5) is 20.0. The van der Waals surface area contributed by atoms with E-state index in [2.05, 4.69) is 41.9 Å². The SMILES string of the molecule is C[C@H](NC(=O)C[NH+]1CCCC[C@@H]1c1nc2ccccc2s1)c1cccs1. The number of fused-ring (bicyclic) bond motifs is 1. The summed E-state index contributed by atoms with van der Waals surface area (Å²) >= 11 is 3.47. The second-order valence-electron chi connectivity index (χ2n) is 6.96. The van der Waals surface area contributed by atoms with Gasteiger partial charge in [-0.15, -0.1) is 22.7 Å². The number of piperidine rings is 1. The molecule has 1 aliphatic rings. The minimum Gasteiger partial charge on any atom is -0.344 e. The Morgan fingerprint density at radius 3 is 3.00 bits per heavy atom. The van der Waals surface area contributed by atoms with Gasteiger partial charge in [-0.1, -0.05) is 18.2 Å². The van der Waals surface area contributed by atoms with Crippen LogP contribution in [-0.2, 0) is 4.79 Å². The molecule has 4 rings (SSSR count). The van der Waals surface area contributed by atoms with Gasteiger partial charge in [0.2, 0.25) is 0 Å². The lowest BCUT2D eigenvalue weighted by atomic mass is 10.0. The minimum atomic E-state index is 0.0765. The maximum Gasteiger partial charge on any atom is 0.275 e. The molecule has 1 amide bonds. The quantitative estimate of drug-likeness (QED) is 0.706. The molecule has 1 aromatic carbocycles. The van der Waals surface area contributed by atoms with Crippen molar-refractivity contribution in [2.45, 2.75) is 38.3 Å². The van der Waals surface area contributed by atoms with E-state index < -0.39 is 0 Å². The van der Waals surface area contributed by atoms with Crippen molar-refractivity contribution in [2.75, 3.05) is 13.1 Å². The fourth-order valence-corrected chi connectivity index (χ4v) is 5.63. The highest BCUT2D eigenvalue weighted by atomic mass is 32.1. The Balaban J connectivity index is 1.46. The lowest BCUT2D eigenvalue weighted by molar-refractivity contribution is -0.929. The molecule has 2 N–H and O–H groups in total. The maximum absolute atomic E-state index is 12.6. The Bertz CT molecular complexity index is 841. The molecular formula is C20H24N3OS2+. The molecule has 0 aliphatic carbocycles. The number of thiophene rings is 1. The van der Waals surface area contributed by atoms with Crippen molar-refractivity contribution in [3.63, 3.8) is 0 Å². The Labute approximate surface area is 161 Å². The first-order valence-electron chi connectivity index (χ1n) is 9.23. The van der Waals surface area contributed by atoms with E-state index in [1.165, 1.54) is 32.3 Å². The summed E-state index contributed by atoms with van der Waals surface area (Å²) in [5, 5.41) is 6.39. The first-order valence-corrected chi connectivity index (χ1v) is 10.9. The number of hydrogen-bond donors (Lipinski definition) is 2. The molecule has 6 heteroatoms. The molecule has 0 saturated carbocycles. The molecule has 1 aliphatic heterocycles. The van der Waals surface area contributed by atoms with Gasteiger partial charge >= 0.3 is 0 Å². The van der Waals surface area contributed by atoms with E-state index in [1.807, 2.05) is 12.1 Å². The molecule has 1 unspecified atom stereocenters. The van der Waals surface area contributed by atoms with Gasteiger partial charge in [0, 0.05) is 11.3 Å². The number of likely N-dealkylation sites (tertiary alicyclic amines) is 1. The summed E-state index contributed by atoms with van der Waals surface area (Å²) < 4.78 is 1.24. The van der Waals surface area contributed by atoms with E-state index in [1.54, 1.807) is 22.7 Å². The topological polar surface area (TPSA) is 46.4 Å². The summed E-state index contributed by atoms with van der Waals surface area (Å²) in [6.07, 6.45) is 3.52. The first kappa shape index (κ1) is 17.6. The summed E-state index contributed by atoms with van der Waals surface area (Å²) in [6, 6.07) is 12.8. The zero-order valence-electron chi connectivity index (χ0n) is 14.9. The van der Waals surface area contributed by atoms with Gasteiger partial charge in [0.15, 0.2) is 11.6 Å². The van der Waals surface area contributed by atoms with E-state index >= 15 is 0 Å². The fraction of sp³-hybridized carbons (Fsp3) is 0.400. The smallest absolute Gasteiger partial charge is 0.275 e. The predicted molar refractivity (Wildman–Crippen MR) is 108 cm³/mol. The summed E-state index contributed by atoms with van der Waals surface area (Å²) in [6.45, 7) is 3.62. The monoisotopic (exact) mass is 386 g/mol. The van der Waals surface area contributed by atoms with Crippen LogP contribution in [0.4, 0.5) is 0 Å². The number of benzene rings is 1. The van der Waals surface area contributed by atoms with Gasteiger partial charge in [-0.25, -0.2) is 4.98 Å². The van der Waals surface area contributed by atoms with E-state index in [0.29, 0.717) is 12.6 Å². The largest absolute Gasteiger partial charge is 0.344 e. The molecule has 4 nitrogen and oxygen atoms in total. The highest BCUT2D eigenvalue weighted by Gasteiger charge is 2.32. The van der Waals surface area contributed by atoms with Crippen LogP contribution >= 0.6 is 22.7 Å². The number of nitrogens with zero attached hydrogens (tertiary/aromatic N) is 1. The van der Waals surface area contributed by atoms with Crippen LogP contribution in [-0.4, -0.2) is 24.0 Å². The van der Waals surface area contributed by atoms with Crippen LogP contribution in [0.2, 0.25) is 0 Å². The van der Waals surface area contributed by atoms with Crippen LogP contribution in [0.3, 0.4) is 0 Å². The molecule has 1 saturated heterocycles. The van der Waals surface area contributed by atoms with Crippen molar-refractivity contribution in [1.82, 2.24) is 10.3 Å². The summed E-state index contributed by atoms with van der Waals surface area (Å²) in [7, 11) is 0. The van der Waals surface area contributed by atoms with Crippen LogP contribution in [0.25, 0.3) is 10.2 Å². The average molecular weight is 387 g/mol. The number of carbonyl (C=O) groups excluding carboxylic acids is 1. The van der Waals surface area contributed by atoms with Gasteiger partial charge in [-0.05, 0) is 43.3 Å². The summed E-state index contributed by atoms with van der Waals surface area (Å²) in [5.74, 6) is 0.133. The second kappa shape index (κ2) is 7.86. The normalized spacial score (nSPS) is 21.6. The Kier molecular flexibility index (Phi) is 5.33. The highest BCUT2D eigenvalue weighted by Crippen LogP contribution is 2.28. The van der Waals surface area contributed by atoms with E-state index in [4.69, 9.17) is 4.98 Å². The molecular weight excluding hydrogens is 362 g/mol. The highest BCUT2D eigenvalue weighted by molar-refractivity contribution is 7.18. The first-order chi connectivity index (χ1) is 12.7. The minimum absolute atomic E-state index is 0.0765. The van der Waals surface area contributed by atoms with Crippen molar-refractivity contribution in [2.24, 2.45) is 0 Å². The molecule has 26 heavy (non-hydrogen) atoms. The van der Waals surface area contributed by atoms with Gasteiger partial charge in [-0.3, -0.25) is 4.79 Å². The van der Waals surface area contributed by atoms with Gasteiger partial charge in [0.25, 0.3) is 5.91 Å². The fourth-order valence-electron chi connectivity index (χ4n) is 3.74. The molecule has 2 aromatic heterocycles. The predicted octanol–water partition coefficient (Wildman–Crippen LogP) is 3.35. The number of hydrogen-bond acceptors (Lipinski definition) is 4. The molecule has 136 valence electrons. The van der Waals surface area contributed by atoms with E-state index in [-0.39, 0.29) is 11.9 Å². The summed E-state index contributed by atoms with van der Waals surface area (Å²) in [5.41, 5.74) is 1.08. The zero-order chi connectivity index (χ0) is 17.9. The molecule has 0 spiro atoms. The number of para-hydroxylation sites is 1. The van der Waals surface area contributed by atoms with Crippen molar-refractivity contribution in [1.29, 1.82) is 0 Å². The number of rotatable bonds is 5. The Morgan fingerprint density at radius 1 is 1.31 bits per heavy atom. The molecule has 3 atom stereocenters. The zero-order valence-corrected chi connectivity index (χ0v) is 16.5. The van der Waals surface area contributed by atoms with Gasteiger partial charge in [0.05, 0.1) is 22.8 Å². The maximum atomic E-state index is 12.6. The molecule has 0 radical (unpaired) electrons. The molecule has 3 aromatic rings. The number of carbonyl (C=O) groups is 1. The number of thiazole rings is 1. The van der Waals surface area contributed by atoms with Gasteiger partial charge < -0.3 is 10.2 Å². The average Bonchev–Trinajstić information content (AvgIpc) is 3.31. The van der Waals surface area contributed by atoms with Gasteiger partial charge in [0.1, 0.15) is 6.04 Å². The van der Waals surface area contributed by atoms with Crippen LogP contribution in [0.15, 0.2) is 41.8 Å². The third-order valence-electron chi connectivity index (χ3n) is 5.08. The third kappa shape index (κ3) is 3.82. The van der Waals surface area contributed by atoms with E-state index in [0.717, 1.165) is 18.5 Å². The Morgan fingerprint density at radius 2 is 2.19 bits per heavy atom. The van der Waals surface area contributed by atoms with Crippen molar-refractivity contribution < 1.29 is 9.69 Å².